The molecule has 1 atom stereocenters. The summed E-state index contributed by atoms with van der Waals surface area (Å²) in [5, 5.41) is 10.7. The van der Waals surface area contributed by atoms with Gasteiger partial charge in [-0.2, -0.15) is 5.26 Å². The van der Waals surface area contributed by atoms with Crippen molar-refractivity contribution < 1.29 is 4.57 Å². The van der Waals surface area contributed by atoms with E-state index >= 15 is 0 Å². The van der Waals surface area contributed by atoms with E-state index in [1.54, 1.807) is 6.92 Å². The molecule has 2 aromatic carbocycles. The molecule has 0 aliphatic heterocycles. The second kappa shape index (κ2) is 5.21. The molecule has 0 heterocycles. The maximum atomic E-state index is 13.3. The maximum Gasteiger partial charge on any atom is 0.159 e. The van der Waals surface area contributed by atoms with Crippen molar-refractivity contribution in [1.29, 1.82) is 5.26 Å². The van der Waals surface area contributed by atoms with E-state index in [-0.39, 0.29) is 0 Å². The molecule has 2 rings (SSSR count). The molecular weight excluding hydrogens is 241 g/mol. The van der Waals surface area contributed by atoms with Crippen LogP contribution in [-0.4, -0.2) is 5.66 Å². The molecule has 0 spiro atoms. The maximum absolute atomic E-state index is 13.3. The molecule has 0 aromatic heterocycles. The van der Waals surface area contributed by atoms with Crippen molar-refractivity contribution in [3.8, 4) is 6.07 Å². The standard InChI is InChI=1S/C15H14NOP/c1-13(12-16)18(17,14-8-4-2-5-9-14)15-10-6-3-7-11-15/h2-11,13H,1H3. The minimum Gasteiger partial charge on any atom is -0.312 e. The van der Waals surface area contributed by atoms with Crippen LogP contribution in [0.15, 0.2) is 60.7 Å². The number of nitriles is 1. The number of hydrogen-bond donors (Lipinski definition) is 0. The van der Waals surface area contributed by atoms with Crippen molar-refractivity contribution in [2.75, 3.05) is 0 Å². The van der Waals surface area contributed by atoms with E-state index < -0.39 is 12.8 Å². The Balaban J connectivity index is 2.64. The van der Waals surface area contributed by atoms with Gasteiger partial charge in [0.15, 0.2) is 7.14 Å². The van der Waals surface area contributed by atoms with Crippen LogP contribution in [0.1, 0.15) is 6.92 Å². The fourth-order valence-corrected chi connectivity index (χ4v) is 4.56. The third-order valence-electron chi connectivity index (χ3n) is 3.01. The van der Waals surface area contributed by atoms with Gasteiger partial charge in [0, 0.05) is 10.6 Å². The Bertz CT molecular complexity index is 558. The van der Waals surface area contributed by atoms with Gasteiger partial charge in [-0.05, 0) is 6.92 Å². The smallest absolute Gasteiger partial charge is 0.159 e. The number of benzene rings is 2. The zero-order valence-electron chi connectivity index (χ0n) is 10.2. The largest absolute Gasteiger partial charge is 0.312 e. The second-order valence-corrected chi connectivity index (χ2v) is 7.26. The highest BCUT2D eigenvalue weighted by atomic mass is 31.2. The minimum atomic E-state index is -2.88. The molecule has 0 saturated heterocycles. The van der Waals surface area contributed by atoms with Crippen molar-refractivity contribution in [3.63, 3.8) is 0 Å². The first-order valence-corrected chi connectivity index (χ1v) is 7.57. The van der Waals surface area contributed by atoms with E-state index in [4.69, 9.17) is 0 Å². The number of rotatable bonds is 3. The molecule has 90 valence electrons. The molecular formula is C15H14NOP. The van der Waals surface area contributed by atoms with Crippen molar-refractivity contribution in [3.05, 3.63) is 60.7 Å². The Morgan fingerprint density at radius 1 is 0.944 bits per heavy atom. The highest BCUT2D eigenvalue weighted by molar-refractivity contribution is 7.79. The lowest BCUT2D eigenvalue weighted by molar-refractivity contribution is 0.584. The van der Waals surface area contributed by atoms with E-state index in [0.717, 1.165) is 10.6 Å². The van der Waals surface area contributed by atoms with E-state index in [1.165, 1.54) is 0 Å². The molecule has 18 heavy (non-hydrogen) atoms. The van der Waals surface area contributed by atoms with Crippen molar-refractivity contribution in [1.82, 2.24) is 0 Å². The van der Waals surface area contributed by atoms with Crippen LogP contribution in [0.2, 0.25) is 0 Å². The van der Waals surface area contributed by atoms with Gasteiger partial charge in [-0.1, -0.05) is 60.7 Å². The van der Waals surface area contributed by atoms with Crippen LogP contribution in [-0.2, 0) is 4.57 Å². The van der Waals surface area contributed by atoms with Crippen LogP contribution in [0.3, 0.4) is 0 Å². The van der Waals surface area contributed by atoms with Crippen LogP contribution < -0.4 is 10.6 Å². The number of nitrogens with zero attached hydrogens (tertiary/aromatic N) is 1. The molecule has 0 N–H and O–H groups in total. The predicted octanol–water partition coefficient (Wildman–Crippen LogP) is 2.91. The second-order valence-electron chi connectivity index (χ2n) is 4.13. The Morgan fingerprint density at radius 3 is 1.67 bits per heavy atom. The predicted molar refractivity (Wildman–Crippen MR) is 74.8 cm³/mol. The molecule has 2 nitrogen and oxygen atoms in total. The molecule has 3 heteroatoms. The number of hydrogen-bond acceptors (Lipinski definition) is 2. The zero-order valence-corrected chi connectivity index (χ0v) is 11.0. The average molecular weight is 255 g/mol. The van der Waals surface area contributed by atoms with Crippen LogP contribution in [0.5, 0.6) is 0 Å². The van der Waals surface area contributed by atoms with Gasteiger partial charge in [-0.3, -0.25) is 0 Å². The first-order chi connectivity index (χ1) is 8.69. The van der Waals surface area contributed by atoms with Gasteiger partial charge in [-0.15, -0.1) is 0 Å². The molecule has 0 aliphatic rings. The normalized spacial score (nSPS) is 12.7. The van der Waals surface area contributed by atoms with Crippen LogP contribution in [0.25, 0.3) is 0 Å². The van der Waals surface area contributed by atoms with Gasteiger partial charge in [0.05, 0.1) is 6.07 Å². The zero-order chi connectivity index (χ0) is 13.0. The monoisotopic (exact) mass is 255 g/mol. The first kappa shape index (κ1) is 12.6. The quantitative estimate of drug-likeness (QED) is 0.791. The summed E-state index contributed by atoms with van der Waals surface area (Å²) in [5.74, 6) is 0. The third-order valence-corrected chi connectivity index (χ3v) is 6.35. The molecule has 0 fully saturated rings. The SMILES string of the molecule is CC(C#N)P(=O)(c1ccccc1)c1ccccc1. The Labute approximate surface area is 107 Å². The Hall–Kier alpha value is -1.84. The van der Waals surface area contributed by atoms with Gasteiger partial charge < -0.3 is 4.57 Å². The Morgan fingerprint density at radius 2 is 1.33 bits per heavy atom. The molecule has 2 aromatic rings. The van der Waals surface area contributed by atoms with Gasteiger partial charge in [-0.25, -0.2) is 0 Å². The highest BCUT2D eigenvalue weighted by Gasteiger charge is 2.33. The molecule has 0 amide bonds. The third kappa shape index (κ3) is 2.10. The van der Waals surface area contributed by atoms with E-state index in [9.17, 15) is 9.83 Å². The van der Waals surface area contributed by atoms with Crippen molar-refractivity contribution in [2.45, 2.75) is 12.6 Å². The lowest BCUT2D eigenvalue weighted by atomic mass is 10.4. The summed E-state index contributed by atoms with van der Waals surface area (Å²) in [5.41, 5.74) is -0.526. The van der Waals surface area contributed by atoms with Crippen molar-refractivity contribution >= 4 is 17.8 Å². The lowest BCUT2D eigenvalue weighted by Gasteiger charge is -2.21. The van der Waals surface area contributed by atoms with E-state index in [2.05, 4.69) is 6.07 Å². The minimum absolute atomic E-state index is 0.526. The molecule has 0 saturated carbocycles. The van der Waals surface area contributed by atoms with Gasteiger partial charge in [0.1, 0.15) is 5.66 Å². The summed E-state index contributed by atoms with van der Waals surface area (Å²) in [6.07, 6.45) is 0. The van der Waals surface area contributed by atoms with Gasteiger partial charge in [0.2, 0.25) is 0 Å². The van der Waals surface area contributed by atoms with E-state index in [0.29, 0.717) is 0 Å². The fourth-order valence-electron chi connectivity index (χ4n) is 1.98. The Kier molecular flexibility index (Phi) is 3.65. The van der Waals surface area contributed by atoms with E-state index in [1.807, 2.05) is 60.7 Å². The summed E-state index contributed by atoms with van der Waals surface area (Å²) >= 11 is 0. The van der Waals surface area contributed by atoms with Crippen LogP contribution in [0, 0.1) is 11.3 Å². The summed E-state index contributed by atoms with van der Waals surface area (Å²) in [4.78, 5) is 0. The van der Waals surface area contributed by atoms with Crippen LogP contribution in [0.4, 0.5) is 0 Å². The summed E-state index contributed by atoms with van der Waals surface area (Å²) in [6, 6.07) is 20.7. The molecule has 0 bridgehead atoms. The summed E-state index contributed by atoms with van der Waals surface area (Å²) in [7, 11) is -2.88. The molecule has 0 aliphatic carbocycles. The average Bonchev–Trinajstić information content (AvgIpc) is 2.47. The fraction of sp³-hybridized carbons (Fsp3) is 0.133. The van der Waals surface area contributed by atoms with Crippen LogP contribution >= 0.6 is 7.14 Å². The van der Waals surface area contributed by atoms with Crippen molar-refractivity contribution in [2.24, 2.45) is 0 Å². The summed E-state index contributed by atoms with van der Waals surface area (Å²) in [6.45, 7) is 1.72. The first-order valence-electron chi connectivity index (χ1n) is 5.80. The highest BCUT2D eigenvalue weighted by Crippen LogP contribution is 2.47. The van der Waals surface area contributed by atoms with Gasteiger partial charge >= 0.3 is 0 Å². The lowest BCUT2D eigenvalue weighted by Crippen LogP contribution is -2.23. The topological polar surface area (TPSA) is 40.9 Å². The molecule has 0 radical (unpaired) electrons. The molecule has 1 unspecified atom stereocenters. The summed E-state index contributed by atoms with van der Waals surface area (Å²) < 4.78 is 13.3. The van der Waals surface area contributed by atoms with Gasteiger partial charge in [0.25, 0.3) is 0 Å².